The molecule has 1 unspecified atom stereocenters. The van der Waals surface area contributed by atoms with Gasteiger partial charge in [0.25, 0.3) is 0 Å². The summed E-state index contributed by atoms with van der Waals surface area (Å²) in [6, 6.07) is 4.45. The Morgan fingerprint density at radius 1 is 1.55 bits per heavy atom. The van der Waals surface area contributed by atoms with Crippen LogP contribution < -0.4 is 10.6 Å². The van der Waals surface area contributed by atoms with Crippen LogP contribution in [-0.4, -0.2) is 19.0 Å². The molecule has 1 saturated heterocycles. The minimum Gasteiger partial charge on any atom is -0.459 e. The number of furan rings is 1. The standard InChI is InChI=1S/C15H17FN2O2/c1-9-12-6-11(16)2-3-13(12)20-14(9)8-18-15(19)10-4-5-17-7-10/h2-3,6,10,17H,4-5,7-8H2,1H3,(H,18,19). The molecule has 0 bridgehead atoms. The number of benzene rings is 1. The van der Waals surface area contributed by atoms with Crippen LogP contribution in [0.25, 0.3) is 11.0 Å². The molecule has 5 heteroatoms. The van der Waals surface area contributed by atoms with E-state index in [0.29, 0.717) is 17.9 Å². The highest BCUT2D eigenvalue weighted by Gasteiger charge is 2.22. The number of carbonyl (C=O) groups excluding carboxylic acids is 1. The summed E-state index contributed by atoms with van der Waals surface area (Å²) in [5.74, 6) is 0.483. The average Bonchev–Trinajstić information content (AvgIpc) is 3.06. The van der Waals surface area contributed by atoms with Crippen LogP contribution in [0, 0.1) is 18.7 Å². The molecule has 2 N–H and O–H groups in total. The van der Waals surface area contributed by atoms with Gasteiger partial charge in [-0.2, -0.15) is 0 Å². The van der Waals surface area contributed by atoms with Crippen molar-refractivity contribution < 1.29 is 13.6 Å². The zero-order valence-electron chi connectivity index (χ0n) is 11.3. The van der Waals surface area contributed by atoms with E-state index in [1.54, 1.807) is 6.07 Å². The Morgan fingerprint density at radius 3 is 3.15 bits per heavy atom. The van der Waals surface area contributed by atoms with Gasteiger partial charge in [0.15, 0.2) is 0 Å². The third-order valence-corrected chi connectivity index (χ3v) is 3.85. The molecule has 0 radical (unpaired) electrons. The first-order chi connectivity index (χ1) is 9.65. The number of fused-ring (bicyclic) bond motifs is 1. The maximum absolute atomic E-state index is 13.2. The topological polar surface area (TPSA) is 54.3 Å². The van der Waals surface area contributed by atoms with Crippen molar-refractivity contribution in [1.29, 1.82) is 0 Å². The van der Waals surface area contributed by atoms with Crippen LogP contribution in [0.3, 0.4) is 0 Å². The summed E-state index contributed by atoms with van der Waals surface area (Å²) >= 11 is 0. The number of rotatable bonds is 3. The molecule has 1 amide bonds. The Kier molecular flexibility index (Phi) is 3.44. The fourth-order valence-electron chi connectivity index (χ4n) is 2.60. The van der Waals surface area contributed by atoms with Crippen LogP contribution in [0.4, 0.5) is 4.39 Å². The molecular formula is C15H17FN2O2. The summed E-state index contributed by atoms with van der Waals surface area (Å²) in [4.78, 5) is 11.9. The lowest BCUT2D eigenvalue weighted by Crippen LogP contribution is -2.31. The highest BCUT2D eigenvalue weighted by Crippen LogP contribution is 2.25. The van der Waals surface area contributed by atoms with Gasteiger partial charge in [-0.3, -0.25) is 4.79 Å². The fraction of sp³-hybridized carbons (Fsp3) is 0.400. The number of hydrogen-bond donors (Lipinski definition) is 2. The second-order valence-electron chi connectivity index (χ2n) is 5.20. The third-order valence-electron chi connectivity index (χ3n) is 3.85. The Labute approximate surface area is 116 Å². The zero-order chi connectivity index (χ0) is 14.1. The van der Waals surface area contributed by atoms with Crippen LogP contribution in [0.15, 0.2) is 22.6 Å². The molecule has 4 nitrogen and oxygen atoms in total. The molecule has 1 aromatic heterocycles. The normalized spacial score (nSPS) is 18.6. The third kappa shape index (κ3) is 2.41. The lowest BCUT2D eigenvalue weighted by Gasteiger charge is -2.08. The molecule has 1 atom stereocenters. The van der Waals surface area contributed by atoms with Gasteiger partial charge in [-0.15, -0.1) is 0 Å². The first-order valence-corrected chi connectivity index (χ1v) is 6.81. The van der Waals surface area contributed by atoms with Crippen molar-refractivity contribution >= 4 is 16.9 Å². The summed E-state index contributed by atoms with van der Waals surface area (Å²) in [5.41, 5.74) is 1.53. The summed E-state index contributed by atoms with van der Waals surface area (Å²) in [7, 11) is 0. The van der Waals surface area contributed by atoms with Crippen LogP contribution in [0.2, 0.25) is 0 Å². The summed E-state index contributed by atoms with van der Waals surface area (Å²) in [6.07, 6.45) is 0.871. The van der Waals surface area contributed by atoms with Gasteiger partial charge in [-0.05, 0) is 38.1 Å². The maximum atomic E-state index is 13.2. The van der Waals surface area contributed by atoms with Crippen molar-refractivity contribution in [3.63, 3.8) is 0 Å². The summed E-state index contributed by atoms with van der Waals surface area (Å²) in [6.45, 7) is 3.85. The predicted octanol–water partition coefficient (Wildman–Crippen LogP) is 2.11. The van der Waals surface area contributed by atoms with Gasteiger partial charge in [0.2, 0.25) is 5.91 Å². The van der Waals surface area contributed by atoms with Crippen LogP contribution >= 0.6 is 0 Å². The first-order valence-electron chi connectivity index (χ1n) is 6.81. The second-order valence-corrected chi connectivity index (χ2v) is 5.20. The summed E-state index contributed by atoms with van der Waals surface area (Å²) < 4.78 is 18.9. The molecular weight excluding hydrogens is 259 g/mol. The van der Waals surface area contributed by atoms with E-state index in [1.165, 1.54) is 12.1 Å². The number of amides is 1. The van der Waals surface area contributed by atoms with E-state index < -0.39 is 0 Å². The SMILES string of the molecule is Cc1c(CNC(=O)C2CCNC2)oc2ccc(F)cc12. The van der Waals surface area contributed by atoms with E-state index in [9.17, 15) is 9.18 Å². The van der Waals surface area contributed by atoms with Gasteiger partial charge in [0.1, 0.15) is 17.2 Å². The van der Waals surface area contributed by atoms with E-state index in [1.807, 2.05) is 6.92 Å². The molecule has 0 aliphatic carbocycles. The van der Waals surface area contributed by atoms with Crippen LogP contribution in [-0.2, 0) is 11.3 Å². The second kappa shape index (κ2) is 5.25. The van der Waals surface area contributed by atoms with E-state index in [4.69, 9.17) is 4.42 Å². The number of nitrogens with one attached hydrogen (secondary N) is 2. The van der Waals surface area contributed by atoms with Gasteiger partial charge in [-0.1, -0.05) is 0 Å². The van der Waals surface area contributed by atoms with Crippen molar-refractivity contribution in [1.82, 2.24) is 10.6 Å². The minimum absolute atomic E-state index is 0.0390. The van der Waals surface area contributed by atoms with Crippen molar-refractivity contribution in [3.8, 4) is 0 Å². The van der Waals surface area contributed by atoms with Gasteiger partial charge in [0.05, 0.1) is 12.5 Å². The van der Waals surface area contributed by atoms with E-state index in [2.05, 4.69) is 10.6 Å². The van der Waals surface area contributed by atoms with Crippen LogP contribution in [0.5, 0.6) is 0 Å². The monoisotopic (exact) mass is 276 g/mol. The van der Waals surface area contributed by atoms with Gasteiger partial charge >= 0.3 is 0 Å². The Bertz CT molecular complexity index is 645. The lowest BCUT2D eigenvalue weighted by atomic mass is 10.1. The van der Waals surface area contributed by atoms with Gasteiger partial charge in [0, 0.05) is 17.5 Å². The molecule has 1 fully saturated rings. The van der Waals surface area contributed by atoms with Gasteiger partial charge < -0.3 is 15.1 Å². The largest absolute Gasteiger partial charge is 0.459 e. The van der Waals surface area contributed by atoms with E-state index >= 15 is 0 Å². The van der Waals surface area contributed by atoms with E-state index in [0.717, 1.165) is 30.5 Å². The Balaban J connectivity index is 1.74. The van der Waals surface area contributed by atoms with Gasteiger partial charge in [-0.25, -0.2) is 4.39 Å². The molecule has 2 heterocycles. The molecule has 3 rings (SSSR count). The molecule has 20 heavy (non-hydrogen) atoms. The Hall–Kier alpha value is -1.88. The fourth-order valence-corrected chi connectivity index (χ4v) is 2.60. The zero-order valence-corrected chi connectivity index (χ0v) is 11.3. The molecule has 1 aromatic carbocycles. The highest BCUT2D eigenvalue weighted by molar-refractivity contribution is 5.83. The molecule has 1 aliphatic heterocycles. The highest BCUT2D eigenvalue weighted by atomic mass is 19.1. The smallest absolute Gasteiger partial charge is 0.224 e. The first kappa shape index (κ1) is 13.1. The van der Waals surface area contributed by atoms with Crippen LogP contribution in [0.1, 0.15) is 17.7 Å². The number of carbonyl (C=O) groups is 1. The minimum atomic E-state index is -0.283. The molecule has 1 aliphatic rings. The van der Waals surface area contributed by atoms with Crippen molar-refractivity contribution in [2.75, 3.05) is 13.1 Å². The number of hydrogen-bond acceptors (Lipinski definition) is 3. The molecule has 106 valence electrons. The number of halogens is 1. The van der Waals surface area contributed by atoms with Crippen molar-refractivity contribution in [2.24, 2.45) is 5.92 Å². The predicted molar refractivity (Wildman–Crippen MR) is 73.7 cm³/mol. The molecule has 0 saturated carbocycles. The van der Waals surface area contributed by atoms with Crippen molar-refractivity contribution in [2.45, 2.75) is 19.9 Å². The average molecular weight is 276 g/mol. The molecule has 2 aromatic rings. The Morgan fingerprint density at radius 2 is 2.40 bits per heavy atom. The molecule has 0 spiro atoms. The quantitative estimate of drug-likeness (QED) is 0.902. The number of aryl methyl sites for hydroxylation is 1. The van der Waals surface area contributed by atoms with Crippen molar-refractivity contribution in [3.05, 3.63) is 35.3 Å². The maximum Gasteiger partial charge on any atom is 0.224 e. The lowest BCUT2D eigenvalue weighted by molar-refractivity contribution is -0.124. The van der Waals surface area contributed by atoms with E-state index in [-0.39, 0.29) is 17.6 Å². The summed E-state index contributed by atoms with van der Waals surface area (Å²) in [5, 5.41) is 6.82.